The largest absolute Gasteiger partial charge is 0.456 e. The third-order valence-electron chi connectivity index (χ3n) is 10.3. The van der Waals surface area contributed by atoms with Crippen LogP contribution >= 0.6 is 11.3 Å². The molecule has 0 bridgehead atoms. The molecule has 3 heterocycles. The Morgan fingerprint density at radius 2 is 1.06 bits per heavy atom. The molecule has 252 valence electrons. The third-order valence-corrected chi connectivity index (χ3v) is 11.5. The average Bonchev–Trinajstić information content (AvgIpc) is 3.82. The summed E-state index contributed by atoms with van der Waals surface area (Å²) in [6.07, 6.45) is 0. The highest BCUT2D eigenvalue weighted by atomic mass is 32.1. The van der Waals surface area contributed by atoms with E-state index in [0.717, 1.165) is 49.6 Å². The number of thiophene rings is 1. The topological polar surface area (TPSA) is 51.8 Å². The fourth-order valence-corrected chi connectivity index (χ4v) is 9.03. The molecule has 4 nitrogen and oxygen atoms in total. The van der Waals surface area contributed by atoms with Gasteiger partial charge in [0, 0.05) is 47.6 Å². The summed E-state index contributed by atoms with van der Waals surface area (Å²) in [5.41, 5.74) is 9.17. The molecule has 0 aliphatic carbocycles. The number of hydrogen-bond acceptors (Lipinski definition) is 5. The second-order valence-corrected chi connectivity index (χ2v) is 14.6. The summed E-state index contributed by atoms with van der Waals surface area (Å²) in [6.45, 7) is 0. The standard InChI is InChI=1S/C49H29N3OS/c1-3-13-31(14-4-1)37-26-25-36(45-38-18-9-10-21-43(38)54-46(37)45)34-24-27-41-40(29-34)44-39(19-11-20-42(44)53-41)49-51-47(32-15-5-2-6-16-32)50-48(52-49)35-23-22-30-12-7-8-17-33(30)28-35/h1-29H. The highest BCUT2D eigenvalue weighted by molar-refractivity contribution is 7.26. The van der Waals surface area contributed by atoms with Gasteiger partial charge < -0.3 is 4.42 Å². The molecule has 0 N–H and O–H groups in total. The predicted octanol–water partition coefficient (Wildman–Crippen LogP) is 13.6. The first-order valence-corrected chi connectivity index (χ1v) is 18.8. The Kier molecular flexibility index (Phi) is 7.00. The molecule has 0 fully saturated rings. The van der Waals surface area contributed by atoms with Crippen LogP contribution in [0, 0.1) is 0 Å². The molecule has 0 amide bonds. The molecule has 8 aromatic carbocycles. The Hall–Kier alpha value is -6.95. The van der Waals surface area contributed by atoms with Gasteiger partial charge in [-0.2, -0.15) is 0 Å². The van der Waals surface area contributed by atoms with Crippen LogP contribution in [0.1, 0.15) is 0 Å². The van der Waals surface area contributed by atoms with Crippen LogP contribution in [0.3, 0.4) is 0 Å². The zero-order chi connectivity index (χ0) is 35.6. The van der Waals surface area contributed by atoms with Crippen LogP contribution in [0.2, 0.25) is 0 Å². The normalized spacial score (nSPS) is 11.7. The molecule has 54 heavy (non-hydrogen) atoms. The number of benzene rings is 8. The van der Waals surface area contributed by atoms with E-state index in [1.807, 2.05) is 53.8 Å². The molecular formula is C49H29N3OS. The van der Waals surface area contributed by atoms with Crippen molar-refractivity contribution in [3.05, 3.63) is 176 Å². The molecule has 0 saturated carbocycles. The first kappa shape index (κ1) is 30.7. The summed E-state index contributed by atoms with van der Waals surface area (Å²) >= 11 is 1.86. The molecule has 11 aromatic rings. The smallest absolute Gasteiger partial charge is 0.164 e. The van der Waals surface area contributed by atoms with Gasteiger partial charge in [0.05, 0.1) is 0 Å². The lowest BCUT2D eigenvalue weighted by Gasteiger charge is -2.11. The number of fused-ring (bicyclic) bond motifs is 7. The maximum absolute atomic E-state index is 6.53. The summed E-state index contributed by atoms with van der Waals surface area (Å²) in [4.78, 5) is 15.3. The lowest BCUT2D eigenvalue weighted by Crippen LogP contribution is -2.00. The third kappa shape index (κ3) is 5.01. The van der Waals surface area contributed by atoms with Gasteiger partial charge in [0.15, 0.2) is 17.5 Å². The van der Waals surface area contributed by atoms with E-state index >= 15 is 0 Å². The fourth-order valence-electron chi connectivity index (χ4n) is 7.76. The molecule has 0 spiro atoms. The minimum absolute atomic E-state index is 0.601. The van der Waals surface area contributed by atoms with Gasteiger partial charge in [-0.05, 0) is 63.4 Å². The van der Waals surface area contributed by atoms with E-state index in [1.165, 1.54) is 42.2 Å². The van der Waals surface area contributed by atoms with Crippen molar-refractivity contribution in [3.63, 3.8) is 0 Å². The van der Waals surface area contributed by atoms with Crippen LogP contribution in [0.15, 0.2) is 180 Å². The SMILES string of the molecule is c1ccc(-c2nc(-c3ccc4ccccc4c3)nc(-c3cccc4oc5ccc(-c6ccc(-c7ccccc7)c7sc8ccccc8c67)cc5c34)n2)cc1. The van der Waals surface area contributed by atoms with Crippen molar-refractivity contribution >= 4 is 64.2 Å². The molecule has 0 saturated heterocycles. The maximum Gasteiger partial charge on any atom is 0.164 e. The summed E-state index contributed by atoms with van der Waals surface area (Å²) < 4.78 is 9.10. The second kappa shape index (κ2) is 12.3. The second-order valence-electron chi connectivity index (χ2n) is 13.6. The van der Waals surface area contributed by atoms with Gasteiger partial charge in [0.1, 0.15) is 11.2 Å². The lowest BCUT2D eigenvalue weighted by molar-refractivity contribution is 0.669. The fraction of sp³-hybridized carbons (Fsp3) is 0. The lowest BCUT2D eigenvalue weighted by atomic mass is 9.94. The van der Waals surface area contributed by atoms with Gasteiger partial charge in [-0.3, -0.25) is 0 Å². The van der Waals surface area contributed by atoms with Crippen molar-refractivity contribution < 1.29 is 4.42 Å². The minimum Gasteiger partial charge on any atom is -0.456 e. The molecular weight excluding hydrogens is 679 g/mol. The number of aromatic nitrogens is 3. The van der Waals surface area contributed by atoms with Crippen LogP contribution in [-0.2, 0) is 0 Å². The number of nitrogens with zero attached hydrogens (tertiary/aromatic N) is 3. The zero-order valence-electron chi connectivity index (χ0n) is 28.9. The minimum atomic E-state index is 0.601. The summed E-state index contributed by atoms with van der Waals surface area (Å²) in [6, 6.07) is 61.5. The van der Waals surface area contributed by atoms with Crippen molar-refractivity contribution in [1.82, 2.24) is 15.0 Å². The van der Waals surface area contributed by atoms with Gasteiger partial charge in [0.25, 0.3) is 0 Å². The van der Waals surface area contributed by atoms with E-state index in [0.29, 0.717) is 17.5 Å². The highest BCUT2D eigenvalue weighted by Crippen LogP contribution is 2.46. The molecule has 0 aliphatic rings. The Morgan fingerprint density at radius 3 is 1.91 bits per heavy atom. The molecule has 11 rings (SSSR count). The van der Waals surface area contributed by atoms with E-state index in [9.17, 15) is 0 Å². The monoisotopic (exact) mass is 707 g/mol. The highest BCUT2D eigenvalue weighted by Gasteiger charge is 2.20. The van der Waals surface area contributed by atoms with Gasteiger partial charge in [-0.25, -0.2) is 15.0 Å². The van der Waals surface area contributed by atoms with Gasteiger partial charge in [-0.15, -0.1) is 11.3 Å². The maximum atomic E-state index is 6.53. The summed E-state index contributed by atoms with van der Waals surface area (Å²) in [5.74, 6) is 1.85. The summed E-state index contributed by atoms with van der Waals surface area (Å²) in [5, 5.41) is 6.85. The van der Waals surface area contributed by atoms with Crippen LogP contribution in [0.5, 0.6) is 0 Å². The first-order valence-electron chi connectivity index (χ1n) is 18.0. The molecule has 0 atom stereocenters. The van der Waals surface area contributed by atoms with Crippen molar-refractivity contribution in [2.24, 2.45) is 0 Å². The number of furan rings is 1. The van der Waals surface area contributed by atoms with E-state index in [2.05, 4.69) is 133 Å². The Balaban J connectivity index is 1.13. The van der Waals surface area contributed by atoms with E-state index in [-0.39, 0.29) is 0 Å². The van der Waals surface area contributed by atoms with Crippen molar-refractivity contribution in [1.29, 1.82) is 0 Å². The van der Waals surface area contributed by atoms with E-state index in [4.69, 9.17) is 19.4 Å². The molecule has 0 radical (unpaired) electrons. The molecule has 0 aliphatic heterocycles. The van der Waals surface area contributed by atoms with Crippen molar-refractivity contribution in [3.8, 4) is 56.4 Å². The van der Waals surface area contributed by atoms with Crippen LogP contribution in [-0.4, -0.2) is 15.0 Å². The summed E-state index contributed by atoms with van der Waals surface area (Å²) in [7, 11) is 0. The number of rotatable bonds is 5. The van der Waals surface area contributed by atoms with Crippen molar-refractivity contribution in [2.45, 2.75) is 0 Å². The first-order chi connectivity index (χ1) is 26.7. The van der Waals surface area contributed by atoms with E-state index in [1.54, 1.807) is 0 Å². The Morgan fingerprint density at radius 1 is 0.370 bits per heavy atom. The molecule has 0 unspecified atom stereocenters. The molecule has 3 aromatic heterocycles. The van der Waals surface area contributed by atoms with Crippen molar-refractivity contribution in [2.75, 3.05) is 0 Å². The Labute approximate surface area is 314 Å². The van der Waals surface area contributed by atoms with Crippen LogP contribution < -0.4 is 0 Å². The zero-order valence-corrected chi connectivity index (χ0v) is 29.7. The van der Waals surface area contributed by atoms with Crippen LogP contribution in [0.25, 0.3) is 109 Å². The molecule has 5 heteroatoms. The van der Waals surface area contributed by atoms with Gasteiger partial charge in [0.2, 0.25) is 0 Å². The van der Waals surface area contributed by atoms with Gasteiger partial charge >= 0.3 is 0 Å². The number of hydrogen-bond donors (Lipinski definition) is 0. The Bertz CT molecular complexity index is 3220. The van der Waals surface area contributed by atoms with Gasteiger partial charge in [-0.1, -0.05) is 146 Å². The predicted molar refractivity (Wildman–Crippen MR) is 225 cm³/mol. The quantitative estimate of drug-likeness (QED) is 0.179. The average molecular weight is 708 g/mol. The van der Waals surface area contributed by atoms with Crippen LogP contribution in [0.4, 0.5) is 0 Å². The van der Waals surface area contributed by atoms with E-state index < -0.39 is 0 Å².